The van der Waals surface area contributed by atoms with Crippen LogP contribution < -0.4 is 0 Å². The lowest BCUT2D eigenvalue weighted by molar-refractivity contribution is -0.139. The molecule has 5 nitrogen and oxygen atoms in total. The molecular formula is C17H23NO4. The summed E-state index contributed by atoms with van der Waals surface area (Å²) in [6.07, 6.45) is 3.46. The third-order valence-corrected chi connectivity index (χ3v) is 3.99. The van der Waals surface area contributed by atoms with Crippen LogP contribution in [0.1, 0.15) is 48.5 Å². The molecule has 1 fully saturated rings. The Labute approximate surface area is 130 Å². The zero-order chi connectivity index (χ0) is 16.1. The maximum atomic E-state index is 12.3. The molecule has 1 amide bonds. The zero-order valence-corrected chi connectivity index (χ0v) is 13.2. The van der Waals surface area contributed by atoms with Crippen LogP contribution in [-0.4, -0.2) is 41.1 Å². The number of esters is 1. The highest BCUT2D eigenvalue weighted by Crippen LogP contribution is 2.19. The summed E-state index contributed by atoms with van der Waals surface area (Å²) in [6, 6.07) is 4.59. The Morgan fingerprint density at radius 3 is 2.41 bits per heavy atom. The third-order valence-electron chi connectivity index (χ3n) is 3.99. The number of likely N-dealkylation sites (tertiary alicyclic amines) is 1. The van der Waals surface area contributed by atoms with E-state index in [0.29, 0.717) is 5.56 Å². The monoisotopic (exact) mass is 305 g/mol. The number of amides is 1. The van der Waals surface area contributed by atoms with Gasteiger partial charge < -0.3 is 14.7 Å². The Hall–Kier alpha value is -2.04. The van der Waals surface area contributed by atoms with Gasteiger partial charge in [0.2, 0.25) is 0 Å². The second-order valence-electron chi connectivity index (χ2n) is 5.79. The molecule has 1 aromatic rings. The molecule has 0 saturated carbocycles. The van der Waals surface area contributed by atoms with Gasteiger partial charge in [-0.3, -0.25) is 4.79 Å². The van der Waals surface area contributed by atoms with Crippen molar-refractivity contribution >= 4 is 11.9 Å². The zero-order valence-electron chi connectivity index (χ0n) is 13.2. The Morgan fingerprint density at radius 1 is 1.18 bits per heavy atom. The number of ether oxygens (including phenoxy) is 1. The summed E-state index contributed by atoms with van der Waals surface area (Å²) in [6.45, 7) is 4.80. The topological polar surface area (TPSA) is 66.8 Å². The highest BCUT2D eigenvalue weighted by molar-refractivity contribution is 5.92. The number of rotatable bonds is 3. The summed E-state index contributed by atoms with van der Waals surface area (Å²) >= 11 is 0. The number of hydrogen-bond donors (Lipinski definition) is 1. The highest BCUT2D eigenvalue weighted by atomic mass is 16.5. The fourth-order valence-electron chi connectivity index (χ4n) is 2.56. The van der Waals surface area contributed by atoms with Gasteiger partial charge in [-0.2, -0.15) is 0 Å². The van der Waals surface area contributed by atoms with Crippen molar-refractivity contribution in [1.82, 2.24) is 4.90 Å². The number of benzene rings is 1. The second-order valence-corrected chi connectivity index (χ2v) is 5.79. The molecule has 120 valence electrons. The number of phenolic OH excluding ortho intramolecular Hbond substituents is 1. The van der Waals surface area contributed by atoms with E-state index in [1.165, 1.54) is 6.07 Å². The van der Waals surface area contributed by atoms with Crippen LogP contribution in [0, 0.1) is 6.92 Å². The number of phenols is 1. The van der Waals surface area contributed by atoms with Crippen molar-refractivity contribution in [2.45, 2.75) is 45.6 Å². The number of carbonyl (C=O) groups is 2. The Morgan fingerprint density at radius 2 is 1.82 bits per heavy atom. The predicted octanol–water partition coefficient (Wildman–Crippen LogP) is 2.65. The summed E-state index contributed by atoms with van der Waals surface area (Å²) < 4.78 is 5.25. The molecule has 0 unspecified atom stereocenters. The number of hydrogen-bond acceptors (Lipinski definition) is 4. The van der Waals surface area contributed by atoms with Crippen LogP contribution in [0.25, 0.3) is 0 Å². The molecule has 2 rings (SSSR count). The van der Waals surface area contributed by atoms with Gasteiger partial charge in [-0.15, -0.1) is 0 Å². The lowest BCUT2D eigenvalue weighted by Crippen LogP contribution is -2.40. The quantitative estimate of drug-likeness (QED) is 0.872. The van der Waals surface area contributed by atoms with Crippen molar-refractivity contribution in [1.29, 1.82) is 0 Å². The molecular weight excluding hydrogens is 282 g/mol. The molecule has 22 heavy (non-hydrogen) atoms. The van der Waals surface area contributed by atoms with E-state index in [9.17, 15) is 14.7 Å². The molecule has 1 aliphatic heterocycles. The summed E-state index contributed by atoms with van der Waals surface area (Å²) in [5.74, 6) is -0.696. The Kier molecular flexibility index (Phi) is 5.41. The van der Waals surface area contributed by atoms with Crippen molar-refractivity contribution in [3.63, 3.8) is 0 Å². The first kappa shape index (κ1) is 16.3. The van der Waals surface area contributed by atoms with Crippen molar-refractivity contribution < 1.29 is 19.4 Å². The van der Waals surface area contributed by atoms with Crippen molar-refractivity contribution in [3.05, 3.63) is 29.3 Å². The largest absolute Gasteiger partial charge is 0.508 e. The van der Waals surface area contributed by atoms with Gasteiger partial charge in [0.1, 0.15) is 5.75 Å². The molecule has 1 heterocycles. The summed E-state index contributed by atoms with van der Waals surface area (Å²) in [5.41, 5.74) is 0.934. The van der Waals surface area contributed by atoms with E-state index >= 15 is 0 Å². The molecule has 1 aliphatic rings. The second kappa shape index (κ2) is 7.29. The average molecular weight is 305 g/mol. The molecule has 0 aromatic heterocycles. The molecule has 1 atom stereocenters. The molecule has 0 aliphatic carbocycles. The smallest absolute Gasteiger partial charge is 0.339 e. The van der Waals surface area contributed by atoms with Crippen molar-refractivity contribution in [3.8, 4) is 5.75 Å². The molecule has 1 N–H and O–H groups in total. The minimum absolute atomic E-state index is 0.0425. The lowest BCUT2D eigenvalue weighted by atomic mass is 10.1. The SMILES string of the molecule is Cc1ccc(C(=O)O[C@H](C)C(=O)N2CCCCCC2)cc1O. The van der Waals surface area contributed by atoms with Gasteiger partial charge in [-0.1, -0.05) is 18.9 Å². The maximum absolute atomic E-state index is 12.3. The minimum atomic E-state index is -0.811. The summed E-state index contributed by atoms with van der Waals surface area (Å²) in [7, 11) is 0. The Bertz CT molecular complexity index is 548. The number of aromatic hydroxyl groups is 1. The van der Waals surface area contributed by atoms with Crippen molar-refractivity contribution in [2.24, 2.45) is 0 Å². The maximum Gasteiger partial charge on any atom is 0.339 e. The molecule has 0 spiro atoms. The van der Waals surface area contributed by atoms with Gasteiger partial charge in [-0.05, 0) is 44.4 Å². The van der Waals surface area contributed by atoms with Gasteiger partial charge in [-0.25, -0.2) is 4.79 Å². The van der Waals surface area contributed by atoms with E-state index in [4.69, 9.17) is 4.74 Å². The predicted molar refractivity (Wildman–Crippen MR) is 82.8 cm³/mol. The van der Waals surface area contributed by atoms with Crippen LogP contribution >= 0.6 is 0 Å². The van der Waals surface area contributed by atoms with Gasteiger partial charge in [0.25, 0.3) is 5.91 Å². The van der Waals surface area contributed by atoms with Gasteiger partial charge in [0.15, 0.2) is 6.10 Å². The fraction of sp³-hybridized carbons (Fsp3) is 0.529. The average Bonchev–Trinajstić information content (AvgIpc) is 2.78. The number of aryl methyl sites for hydroxylation is 1. The molecule has 0 bridgehead atoms. The first-order valence-corrected chi connectivity index (χ1v) is 7.78. The highest BCUT2D eigenvalue weighted by Gasteiger charge is 2.25. The Balaban J connectivity index is 1.97. The fourth-order valence-corrected chi connectivity index (χ4v) is 2.56. The van der Waals surface area contributed by atoms with Crippen molar-refractivity contribution in [2.75, 3.05) is 13.1 Å². The number of nitrogens with zero attached hydrogens (tertiary/aromatic N) is 1. The van der Waals surface area contributed by atoms with Crippen LogP contribution in [-0.2, 0) is 9.53 Å². The number of carbonyl (C=O) groups excluding carboxylic acids is 2. The molecule has 1 aromatic carbocycles. The van der Waals surface area contributed by atoms with E-state index < -0.39 is 12.1 Å². The van der Waals surface area contributed by atoms with E-state index in [1.807, 2.05) is 0 Å². The lowest BCUT2D eigenvalue weighted by Gasteiger charge is -2.24. The van der Waals surface area contributed by atoms with Crippen LogP contribution in [0.4, 0.5) is 0 Å². The van der Waals surface area contributed by atoms with Crippen LogP contribution in [0.15, 0.2) is 18.2 Å². The van der Waals surface area contributed by atoms with Crippen LogP contribution in [0.3, 0.4) is 0 Å². The minimum Gasteiger partial charge on any atom is -0.508 e. The van der Waals surface area contributed by atoms with Gasteiger partial charge >= 0.3 is 5.97 Å². The summed E-state index contributed by atoms with van der Waals surface area (Å²) in [4.78, 5) is 26.2. The van der Waals surface area contributed by atoms with E-state index in [2.05, 4.69) is 0 Å². The standard InChI is InChI=1S/C17H23NO4/c1-12-7-8-14(11-15(12)19)17(21)22-13(2)16(20)18-9-5-3-4-6-10-18/h7-8,11,13,19H,3-6,9-10H2,1-2H3/t13-/m1/s1. The third kappa shape index (κ3) is 4.00. The first-order valence-electron chi connectivity index (χ1n) is 7.78. The normalized spacial score (nSPS) is 16.7. The van der Waals surface area contributed by atoms with Gasteiger partial charge in [0, 0.05) is 13.1 Å². The molecule has 0 radical (unpaired) electrons. The van der Waals surface area contributed by atoms with Crippen LogP contribution in [0.5, 0.6) is 5.75 Å². The van der Waals surface area contributed by atoms with E-state index in [-0.39, 0.29) is 17.2 Å². The molecule has 1 saturated heterocycles. The van der Waals surface area contributed by atoms with E-state index in [0.717, 1.165) is 38.8 Å². The van der Waals surface area contributed by atoms with Gasteiger partial charge in [0.05, 0.1) is 5.56 Å². The van der Waals surface area contributed by atoms with Crippen LogP contribution in [0.2, 0.25) is 0 Å². The molecule has 5 heteroatoms. The van der Waals surface area contributed by atoms with E-state index in [1.54, 1.807) is 30.9 Å². The first-order chi connectivity index (χ1) is 10.5. The summed E-state index contributed by atoms with van der Waals surface area (Å²) in [5, 5.41) is 9.64.